The molecule has 1 aromatic carbocycles. The van der Waals surface area contributed by atoms with Gasteiger partial charge in [-0.1, -0.05) is 43.0 Å². The zero-order valence-electron chi connectivity index (χ0n) is 11.3. The maximum atomic E-state index is 12.3. The molecule has 2 rings (SSSR count). The molecule has 1 heterocycles. The molecule has 5 heteroatoms. The number of rotatable bonds is 5. The van der Waals surface area contributed by atoms with Gasteiger partial charge in [-0.05, 0) is 18.6 Å². The van der Waals surface area contributed by atoms with Crippen LogP contribution in [0.25, 0.3) is 0 Å². The average molecular weight is 288 g/mol. The zero-order chi connectivity index (χ0) is 14.5. The Labute approximate surface area is 121 Å². The number of nitrogens with one attached hydrogen (secondary N) is 1. The highest BCUT2D eigenvalue weighted by Crippen LogP contribution is 2.26. The molecule has 1 N–H and O–H groups in total. The van der Waals surface area contributed by atoms with Crippen LogP contribution in [-0.4, -0.2) is 9.55 Å². The van der Waals surface area contributed by atoms with Crippen LogP contribution in [0.4, 0.5) is 0 Å². The summed E-state index contributed by atoms with van der Waals surface area (Å²) in [6, 6.07) is 9.65. The second-order valence-corrected chi connectivity index (χ2v) is 5.29. The van der Waals surface area contributed by atoms with E-state index in [0.29, 0.717) is 17.0 Å². The highest BCUT2D eigenvalue weighted by atomic mass is 32.2. The van der Waals surface area contributed by atoms with Gasteiger partial charge in [0.15, 0.2) is 0 Å². The van der Waals surface area contributed by atoms with Gasteiger partial charge in [0.05, 0.1) is 5.03 Å². The summed E-state index contributed by atoms with van der Waals surface area (Å²) in [6.07, 6.45) is 2.11. The lowest BCUT2D eigenvalue weighted by atomic mass is 10.2. The van der Waals surface area contributed by atoms with Gasteiger partial charge >= 0.3 is 5.69 Å². The van der Waals surface area contributed by atoms with Crippen LogP contribution in [0, 0.1) is 0 Å². The fourth-order valence-electron chi connectivity index (χ4n) is 1.89. The van der Waals surface area contributed by atoms with Crippen molar-refractivity contribution in [1.82, 2.24) is 9.55 Å². The minimum atomic E-state index is -0.398. The number of allylic oxidation sites excluding steroid dienone is 1. The lowest BCUT2D eigenvalue weighted by Gasteiger charge is -2.09. The van der Waals surface area contributed by atoms with Gasteiger partial charge in [-0.25, -0.2) is 4.79 Å². The maximum absolute atomic E-state index is 12.3. The van der Waals surface area contributed by atoms with E-state index >= 15 is 0 Å². The third-order valence-electron chi connectivity index (χ3n) is 2.87. The van der Waals surface area contributed by atoms with Crippen molar-refractivity contribution in [3.05, 3.63) is 69.4 Å². The van der Waals surface area contributed by atoms with Crippen molar-refractivity contribution in [2.24, 2.45) is 0 Å². The fourth-order valence-corrected chi connectivity index (χ4v) is 2.91. The Morgan fingerprint density at radius 2 is 2.00 bits per heavy atom. The maximum Gasteiger partial charge on any atom is 0.329 e. The molecule has 1 aromatic heterocycles. The fraction of sp³-hybridized carbons (Fsp3) is 0.200. The molecule has 0 unspecified atom stereocenters. The first-order valence-electron chi connectivity index (χ1n) is 6.37. The first-order valence-corrected chi connectivity index (χ1v) is 7.18. The summed E-state index contributed by atoms with van der Waals surface area (Å²) in [5.74, 6) is 0. The number of H-pyrrole nitrogens is 1. The van der Waals surface area contributed by atoms with Gasteiger partial charge in [0.2, 0.25) is 0 Å². The van der Waals surface area contributed by atoms with Gasteiger partial charge in [0.25, 0.3) is 5.56 Å². The predicted molar refractivity (Wildman–Crippen MR) is 81.5 cm³/mol. The Kier molecular flexibility index (Phi) is 4.63. The Bertz CT molecular complexity index is 717. The molecule has 104 valence electrons. The Hall–Kier alpha value is -2.01. The Balaban J connectivity index is 2.52. The average Bonchev–Trinajstić information content (AvgIpc) is 2.45. The second kappa shape index (κ2) is 6.43. The molecule has 20 heavy (non-hydrogen) atoms. The molecule has 0 spiro atoms. The minimum absolute atomic E-state index is 0.220. The molecule has 0 saturated carbocycles. The Morgan fingerprint density at radius 1 is 1.30 bits per heavy atom. The lowest BCUT2D eigenvalue weighted by molar-refractivity contribution is 0.675. The third kappa shape index (κ3) is 2.93. The third-order valence-corrected chi connectivity index (χ3v) is 3.93. The lowest BCUT2D eigenvalue weighted by Crippen LogP contribution is -2.37. The number of aromatic amines is 1. The van der Waals surface area contributed by atoms with Crippen LogP contribution < -0.4 is 11.2 Å². The normalized spacial score (nSPS) is 10.4. The Morgan fingerprint density at radius 3 is 2.60 bits per heavy atom. The van der Waals surface area contributed by atoms with Crippen LogP contribution in [0.2, 0.25) is 0 Å². The second-order valence-electron chi connectivity index (χ2n) is 4.21. The van der Waals surface area contributed by atoms with Gasteiger partial charge in [-0.15, -0.1) is 6.58 Å². The van der Waals surface area contributed by atoms with Gasteiger partial charge in [-0.2, -0.15) is 0 Å². The van der Waals surface area contributed by atoms with Crippen molar-refractivity contribution in [1.29, 1.82) is 0 Å². The summed E-state index contributed by atoms with van der Waals surface area (Å²) in [5, 5.41) is 0.619. The van der Waals surface area contributed by atoms with Crippen molar-refractivity contribution in [3.63, 3.8) is 0 Å². The minimum Gasteiger partial charge on any atom is -0.301 e. The molecule has 0 atom stereocenters. The van der Waals surface area contributed by atoms with Crippen LogP contribution in [0.1, 0.15) is 12.5 Å². The standard InChI is InChI=1S/C15H16N2O2S/c1-3-10-17-14(18)12(4-2)13(16-15(17)19)20-11-8-6-5-7-9-11/h3,5-9H,1,4,10H2,2H3,(H,16,19). The summed E-state index contributed by atoms with van der Waals surface area (Å²) in [5.41, 5.74) is -0.0135. The molecule has 0 radical (unpaired) electrons. The van der Waals surface area contributed by atoms with E-state index in [1.54, 1.807) is 6.08 Å². The first-order chi connectivity index (χ1) is 9.67. The highest BCUT2D eigenvalue weighted by molar-refractivity contribution is 7.99. The van der Waals surface area contributed by atoms with Crippen molar-refractivity contribution >= 4 is 11.8 Å². The van der Waals surface area contributed by atoms with Crippen LogP contribution in [0.3, 0.4) is 0 Å². The molecule has 4 nitrogen and oxygen atoms in total. The van der Waals surface area contributed by atoms with Gasteiger partial charge in [0, 0.05) is 17.0 Å². The van der Waals surface area contributed by atoms with Crippen LogP contribution in [0.5, 0.6) is 0 Å². The summed E-state index contributed by atoms with van der Waals surface area (Å²) in [6.45, 7) is 5.69. The van der Waals surface area contributed by atoms with Crippen LogP contribution in [-0.2, 0) is 13.0 Å². The van der Waals surface area contributed by atoms with Gasteiger partial charge in [0.1, 0.15) is 0 Å². The molecular weight excluding hydrogens is 272 g/mol. The number of hydrogen-bond acceptors (Lipinski definition) is 3. The van der Waals surface area contributed by atoms with E-state index in [4.69, 9.17) is 0 Å². The summed E-state index contributed by atoms with van der Waals surface area (Å²) in [7, 11) is 0. The molecule has 0 bridgehead atoms. The number of nitrogens with zero attached hydrogens (tertiary/aromatic N) is 1. The topological polar surface area (TPSA) is 54.9 Å². The van der Waals surface area contributed by atoms with Crippen LogP contribution >= 0.6 is 11.8 Å². The molecule has 0 fully saturated rings. The number of benzene rings is 1. The molecule has 0 saturated heterocycles. The van der Waals surface area contributed by atoms with Crippen LogP contribution in [0.15, 0.2) is 62.5 Å². The molecule has 0 aliphatic rings. The van der Waals surface area contributed by atoms with E-state index in [1.165, 1.54) is 16.3 Å². The van der Waals surface area contributed by atoms with E-state index in [2.05, 4.69) is 11.6 Å². The molecule has 0 aliphatic heterocycles. The number of hydrogen-bond donors (Lipinski definition) is 1. The quantitative estimate of drug-likeness (QED) is 0.679. The molecule has 0 amide bonds. The van der Waals surface area contributed by atoms with Crippen molar-refractivity contribution in [3.8, 4) is 0 Å². The van der Waals surface area contributed by atoms with E-state index in [0.717, 1.165) is 4.90 Å². The number of aromatic nitrogens is 2. The van der Waals surface area contributed by atoms with E-state index in [1.807, 2.05) is 37.3 Å². The highest BCUT2D eigenvalue weighted by Gasteiger charge is 2.12. The van der Waals surface area contributed by atoms with Crippen molar-refractivity contribution in [2.45, 2.75) is 29.8 Å². The smallest absolute Gasteiger partial charge is 0.301 e. The SMILES string of the molecule is C=CCn1c(=O)[nH]c(Sc2ccccc2)c(CC)c1=O. The van der Waals surface area contributed by atoms with E-state index in [-0.39, 0.29) is 12.1 Å². The molecular formula is C15H16N2O2S. The van der Waals surface area contributed by atoms with Crippen molar-refractivity contribution < 1.29 is 0 Å². The molecule has 2 aromatic rings. The summed E-state index contributed by atoms with van der Waals surface area (Å²) >= 11 is 1.40. The van der Waals surface area contributed by atoms with Crippen molar-refractivity contribution in [2.75, 3.05) is 0 Å². The first kappa shape index (κ1) is 14.4. The van der Waals surface area contributed by atoms with Gasteiger partial charge in [-0.3, -0.25) is 9.36 Å². The zero-order valence-corrected chi connectivity index (χ0v) is 12.1. The molecule has 0 aliphatic carbocycles. The summed E-state index contributed by atoms with van der Waals surface area (Å²) < 4.78 is 1.17. The van der Waals surface area contributed by atoms with E-state index in [9.17, 15) is 9.59 Å². The largest absolute Gasteiger partial charge is 0.329 e. The monoisotopic (exact) mass is 288 g/mol. The van der Waals surface area contributed by atoms with Gasteiger partial charge < -0.3 is 4.98 Å². The summed E-state index contributed by atoms with van der Waals surface area (Å²) in [4.78, 5) is 28.0. The predicted octanol–water partition coefficient (Wildman–Crippen LogP) is 2.44. The van der Waals surface area contributed by atoms with E-state index < -0.39 is 5.69 Å².